The van der Waals surface area contributed by atoms with E-state index in [1.165, 1.54) is 11.1 Å². The van der Waals surface area contributed by atoms with Gasteiger partial charge < -0.3 is 0 Å². The third kappa shape index (κ3) is 6.44. The molecule has 2 aromatic carbocycles. The van der Waals surface area contributed by atoms with Crippen LogP contribution in [0.2, 0.25) is 36.3 Å². The number of ketones is 1. The summed E-state index contributed by atoms with van der Waals surface area (Å²) >= 11 is 0. The Morgan fingerprint density at radius 3 is 1.18 bits per heavy atom. The second kappa shape index (κ2) is 13.1. The van der Waals surface area contributed by atoms with Crippen molar-refractivity contribution in [2.45, 2.75) is 103 Å². The van der Waals surface area contributed by atoms with Crippen molar-refractivity contribution in [1.29, 1.82) is 0 Å². The summed E-state index contributed by atoms with van der Waals surface area (Å²) in [5.41, 5.74) is 8.80. The predicted molar refractivity (Wildman–Crippen MR) is 169 cm³/mol. The van der Waals surface area contributed by atoms with Gasteiger partial charge in [-0.3, -0.25) is 4.79 Å². The average Bonchev–Trinajstić information content (AvgIpc) is 3.23. The topological polar surface area (TPSA) is 17.1 Å². The first-order valence-corrected chi connectivity index (χ1v) is 20.3. The monoisotopic (exact) mass is 540 g/mol. The van der Waals surface area contributed by atoms with Gasteiger partial charge in [-0.2, -0.15) is 0 Å². The lowest BCUT2D eigenvalue weighted by Gasteiger charge is -2.29. The Labute approximate surface area is 235 Å². The van der Waals surface area contributed by atoms with E-state index in [0.717, 1.165) is 49.1 Å². The molecule has 2 atom stereocenters. The van der Waals surface area contributed by atoms with Crippen LogP contribution in [0.25, 0.3) is 0 Å². The quantitative estimate of drug-likeness (QED) is 0.217. The van der Waals surface area contributed by atoms with Gasteiger partial charge in [0.2, 0.25) is 0 Å². The van der Waals surface area contributed by atoms with Crippen molar-refractivity contribution in [3.05, 3.63) is 71.8 Å². The predicted octanol–water partition coefficient (Wildman–Crippen LogP) is 8.91. The van der Waals surface area contributed by atoms with E-state index in [-0.39, 0.29) is 5.78 Å². The van der Waals surface area contributed by atoms with Crippen LogP contribution < -0.4 is 0 Å². The number of hydrogen-bond acceptors (Lipinski definition) is 1. The first-order chi connectivity index (χ1) is 18.3. The fourth-order valence-corrected chi connectivity index (χ4v) is 11.3. The number of benzene rings is 2. The first kappa shape index (κ1) is 30.2. The molecule has 0 amide bonds. The molecule has 0 aliphatic heterocycles. The van der Waals surface area contributed by atoms with Gasteiger partial charge in [0.05, 0.1) is 10.8 Å². The lowest BCUT2D eigenvalue weighted by Crippen LogP contribution is -2.39. The van der Waals surface area contributed by atoms with Crippen LogP contribution in [0.4, 0.5) is 0 Å². The normalized spacial score (nSPS) is 21.4. The molecule has 38 heavy (non-hydrogen) atoms. The minimum atomic E-state index is -1.71. The van der Waals surface area contributed by atoms with Crippen molar-refractivity contribution in [2.24, 2.45) is 10.8 Å². The van der Waals surface area contributed by atoms with Crippen LogP contribution in [0.5, 0.6) is 0 Å². The van der Waals surface area contributed by atoms with Crippen LogP contribution in [0.1, 0.15) is 65.5 Å². The summed E-state index contributed by atoms with van der Waals surface area (Å²) < 4.78 is 0. The van der Waals surface area contributed by atoms with Crippen LogP contribution in [-0.2, 0) is 17.6 Å². The lowest BCUT2D eigenvalue weighted by molar-refractivity contribution is -0.129. The minimum absolute atomic E-state index is 0.287. The standard InChI is InChI=1S/C35H48OSi2/c1-7-37(8-2,9-3)27-25-34(29-31-19-15-13-16-20-31)23-24-35(33(34)36,30-32-21-17-14-18-22-32)26-28-38(10-4,11-5)12-6/h13-22H,7-12,23-24,29-30H2,1-6H3. The maximum Gasteiger partial charge on any atom is 0.169 e. The molecule has 202 valence electrons. The maximum atomic E-state index is 14.9. The smallest absolute Gasteiger partial charge is 0.169 e. The van der Waals surface area contributed by atoms with Crippen molar-refractivity contribution in [2.75, 3.05) is 0 Å². The van der Waals surface area contributed by atoms with Gasteiger partial charge in [-0.15, -0.1) is 11.1 Å². The van der Waals surface area contributed by atoms with E-state index >= 15 is 0 Å². The fraction of sp³-hybridized carbons (Fsp3) is 0.514. The number of Topliss-reactive ketones (excluding diaryl/α,β-unsaturated/α-hetero) is 1. The third-order valence-corrected chi connectivity index (χ3v) is 19.2. The van der Waals surface area contributed by atoms with E-state index in [4.69, 9.17) is 0 Å². The zero-order valence-electron chi connectivity index (χ0n) is 24.8. The molecular formula is C35H48OSi2. The highest BCUT2D eigenvalue weighted by molar-refractivity contribution is 6.87. The van der Waals surface area contributed by atoms with Crippen LogP contribution in [0.15, 0.2) is 60.7 Å². The number of carbonyl (C=O) groups excluding carboxylic acids is 1. The van der Waals surface area contributed by atoms with Crippen LogP contribution in [-0.4, -0.2) is 21.9 Å². The first-order valence-electron chi connectivity index (χ1n) is 15.0. The summed E-state index contributed by atoms with van der Waals surface area (Å²) in [7, 11) is -3.42. The highest BCUT2D eigenvalue weighted by atomic mass is 28.3. The molecule has 1 aliphatic rings. The van der Waals surface area contributed by atoms with E-state index in [9.17, 15) is 4.79 Å². The molecule has 2 aromatic rings. The van der Waals surface area contributed by atoms with Crippen molar-refractivity contribution >= 4 is 21.9 Å². The van der Waals surface area contributed by atoms with Gasteiger partial charge in [0.1, 0.15) is 16.1 Å². The van der Waals surface area contributed by atoms with Crippen molar-refractivity contribution in [3.8, 4) is 22.9 Å². The van der Waals surface area contributed by atoms with E-state index in [0.29, 0.717) is 12.8 Å². The highest BCUT2D eigenvalue weighted by Crippen LogP contribution is 2.50. The molecule has 1 aliphatic carbocycles. The Balaban J connectivity index is 2.19. The molecular weight excluding hydrogens is 493 g/mol. The molecule has 1 saturated carbocycles. The lowest BCUT2D eigenvalue weighted by atomic mass is 9.73. The molecule has 3 heteroatoms. The highest BCUT2D eigenvalue weighted by Gasteiger charge is 2.55. The van der Waals surface area contributed by atoms with Gasteiger partial charge in [-0.05, 0) is 73.1 Å². The molecule has 0 heterocycles. The van der Waals surface area contributed by atoms with Crippen molar-refractivity contribution in [1.82, 2.24) is 0 Å². The number of hydrogen-bond donors (Lipinski definition) is 0. The zero-order chi connectivity index (χ0) is 27.7. The van der Waals surface area contributed by atoms with Gasteiger partial charge in [0.25, 0.3) is 0 Å². The Bertz CT molecular complexity index is 1060. The van der Waals surface area contributed by atoms with Gasteiger partial charge in [0, 0.05) is 0 Å². The average molecular weight is 541 g/mol. The largest absolute Gasteiger partial charge is 0.296 e. The zero-order valence-corrected chi connectivity index (χ0v) is 26.8. The van der Waals surface area contributed by atoms with Gasteiger partial charge in [0.15, 0.2) is 5.78 Å². The number of rotatable bonds is 10. The molecule has 1 fully saturated rings. The van der Waals surface area contributed by atoms with Crippen molar-refractivity contribution < 1.29 is 4.79 Å². The Morgan fingerprint density at radius 2 is 0.895 bits per heavy atom. The minimum Gasteiger partial charge on any atom is -0.296 e. The molecule has 1 nitrogen and oxygen atoms in total. The second-order valence-corrected chi connectivity index (χ2v) is 21.4. The maximum absolute atomic E-state index is 14.9. The third-order valence-electron chi connectivity index (χ3n) is 9.74. The Kier molecular flexibility index (Phi) is 10.5. The summed E-state index contributed by atoms with van der Waals surface area (Å²) in [4.78, 5) is 14.9. The van der Waals surface area contributed by atoms with Gasteiger partial charge >= 0.3 is 0 Å². The molecule has 2 unspecified atom stereocenters. The molecule has 0 aromatic heterocycles. The summed E-state index contributed by atoms with van der Waals surface area (Å²) in [6.45, 7) is 13.8. The van der Waals surface area contributed by atoms with E-state index in [1.54, 1.807) is 0 Å². The van der Waals surface area contributed by atoms with Gasteiger partial charge in [-0.1, -0.05) is 114 Å². The molecule has 0 spiro atoms. The summed E-state index contributed by atoms with van der Waals surface area (Å²) in [5, 5.41) is 0. The van der Waals surface area contributed by atoms with Crippen LogP contribution in [0, 0.1) is 33.8 Å². The van der Waals surface area contributed by atoms with Crippen molar-refractivity contribution in [3.63, 3.8) is 0 Å². The SMILES string of the molecule is CC[Si](C#CC1(Cc2ccccc2)CCC(C#C[Si](CC)(CC)CC)(Cc2ccccc2)C1=O)(CC)CC. The van der Waals surface area contributed by atoms with Crippen LogP contribution in [0.3, 0.4) is 0 Å². The second-order valence-electron chi connectivity index (χ2n) is 11.5. The fourth-order valence-electron chi connectivity index (χ4n) is 6.20. The van der Waals surface area contributed by atoms with Crippen LogP contribution >= 0.6 is 0 Å². The molecule has 0 bridgehead atoms. The van der Waals surface area contributed by atoms with E-state index < -0.39 is 27.0 Å². The molecule has 0 N–H and O–H groups in total. The Morgan fingerprint density at radius 1 is 0.579 bits per heavy atom. The molecule has 3 rings (SSSR count). The van der Waals surface area contributed by atoms with E-state index in [2.05, 4.69) is 125 Å². The summed E-state index contributed by atoms with van der Waals surface area (Å²) in [5.74, 6) is 7.83. The molecule has 0 saturated heterocycles. The van der Waals surface area contributed by atoms with E-state index in [1.807, 2.05) is 0 Å². The summed E-state index contributed by atoms with van der Waals surface area (Å²) in [6.07, 6.45) is 2.99. The Hall–Kier alpha value is -2.34. The number of carbonyl (C=O) groups is 1. The summed E-state index contributed by atoms with van der Waals surface area (Å²) in [6, 6.07) is 28.0. The molecule has 0 radical (unpaired) electrons. The van der Waals surface area contributed by atoms with Gasteiger partial charge in [-0.25, -0.2) is 0 Å².